The smallest absolute Gasteiger partial charge is 0.314 e. The zero-order chi connectivity index (χ0) is 15.6. The van der Waals surface area contributed by atoms with Gasteiger partial charge in [-0.25, -0.2) is 4.98 Å². The van der Waals surface area contributed by atoms with Gasteiger partial charge in [0.1, 0.15) is 4.47 Å². The van der Waals surface area contributed by atoms with Crippen molar-refractivity contribution in [3.8, 4) is 17.7 Å². The minimum absolute atomic E-state index is 0.0134. The van der Waals surface area contributed by atoms with E-state index in [1.54, 1.807) is 22.6 Å². The Bertz CT molecular complexity index is 830. The summed E-state index contributed by atoms with van der Waals surface area (Å²) in [5, 5.41) is 19.9. The molecule has 0 radical (unpaired) electrons. The van der Waals surface area contributed by atoms with Gasteiger partial charge >= 0.3 is 5.69 Å². The van der Waals surface area contributed by atoms with Crippen LogP contribution < -0.4 is 10.3 Å². The molecule has 0 saturated heterocycles. The largest absolute Gasteiger partial charge is 0.429 e. The highest BCUT2D eigenvalue weighted by Crippen LogP contribution is 2.37. The number of aromatic amines is 1. The Balaban J connectivity index is 2.59. The Labute approximate surface area is 139 Å². The first-order valence-corrected chi connectivity index (χ1v) is 7.10. The van der Waals surface area contributed by atoms with Crippen LogP contribution in [-0.2, 0) is 0 Å². The molecule has 10 heteroatoms. The molecule has 1 N–H and O–H groups in total. The van der Waals surface area contributed by atoms with E-state index in [4.69, 9.17) is 10.00 Å². The van der Waals surface area contributed by atoms with Crippen LogP contribution in [0.2, 0.25) is 0 Å². The molecule has 1 aromatic carbocycles. The van der Waals surface area contributed by atoms with Crippen LogP contribution in [0, 0.1) is 25.0 Å². The van der Waals surface area contributed by atoms with Crippen molar-refractivity contribution >= 4 is 44.2 Å². The van der Waals surface area contributed by atoms with Crippen molar-refractivity contribution < 1.29 is 9.66 Å². The lowest BCUT2D eigenvalue weighted by Gasteiger charge is -2.08. The molecular formula is C11H4BrIN4O4. The molecule has 106 valence electrons. The van der Waals surface area contributed by atoms with E-state index >= 15 is 0 Å². The highest BCUT2D eigenvalue weighted by Gasteiger charge is 2.22. The van der Waals surface area contributed by atoms with Crippen molar-refractivity contribution in [2.45, 2.75) is 0 Å². The number of nitro benzene ring substituents is 1. The van der Waals surface area contributed by atoms with Crippen molar-refractivity contribution in [3.05, 3.63) is 52.5 Å². The van der Waals surface area contributed by atoms with Crippen LogP contribution in [0.4, 0.5) is 5.69 Å². The van der Waals surface area contributed by atoms with E-state index in [1.165, 1.54) is 6.07 Å². The van der Waals surface area contributed by atoms with Crippen molar-refractivity contribution in [3.63, 3.8) is 0 Å². The Morgan fingerprint density at radius 1 is 1.52 bits per heavy atom. The van der Waals surface area contributed by atoms with E-state index in [1.807, 2.05) is 6.07 Å². The minimum Gasteiger partial charge on any atom is -0.429 e. The van der Waals surface area contributed by atoms with Crippen molar-refractivity contribution in [2.75, 3.05) is 0 Å². The monoisotopic (exact) mass is 462 g/mol. The van der Waals surface area contributed by atoms with E-state index in [0.29, 0.717) is 3.57 Å². The van der Waals surface area contributed by atoms with Gasteiger partial charge in [-0.05, 0) is 44.6 Å². The van der Waals surface area contributed by atoms with Crippen LogP contribution in [0.25, 0.3) is 0 Å². The summed E-state index contributed by atoms with van der Waals surface area (Å²) in [6.45, 7) is 0. The highest BCUT2D eigenvalue weighted by atomic mass is 127. The summed E-state index contributed by atoms with van der Waals surface area (Å²) in [7, 11) is 0. The molecule has 0 aliphatic heterocycles. The first-order valence-electron chi connectivity index (χ1n) is 5.23. The average Bonchev–Trinajstić information content (AvgIpc) is 2.45. The summed E-state index contributed by atoms with van der Waals surface area (Å²) in [5.41, 5.74) is -0.727. The molecule has 2 aromatic rings. The van der Waals surface area contributed by atoms with E-state index in [0.717, 1.165) is 12.4 Å². The van der Waals surface area contributed by atoms with Crippen LogP contribution >= 0.6 is 38.5 Å². The summed E-state index contributed by atoms with van der Waals surface area (Å²) in [6.07, 6.45) is 1.12. The zero-order valence-corrected chi connectivity index (χ0v) is 13.7. The van der Waals surface area contributed by atoms with Crippen molar-refractivity contribution in [1.29, 1.82) is 5.26 Å². The minimum atomic E-state index is -0.667. The number of nitrogens with zero attached hydrogens (tertiary/aromatic N) is 3. The lowest BCUT2D eigenvalue weighted by Crippen LogP contribution is -2.09. The Kier molecular flexibility index (Phi) is 4.53. The van der Waals surface area contributed by atoms with E-state index in [9.17, 15) is 14.9 Å². The Hall–Kier alpha value is -2.00. The number of aromatic nitrogens is 2. The number of rotatable bonds is 3. The number of nitrogens with one attached hydrogen (secondary N) is 1. The second kappa shape index (κ2) is 6.19. The fourth-order valence-electron chi connectivity index (χ4n) is 1.41. The molecule has 0 unspecified atom stereocenters. The summed E-state index contributed by atoms with van der Waals surface area (Å²) in [4.78, 5) is 28.0. The first-order chi connectivity index (χ1) is 9.93. The third-order valence-electron chi connectivity index (χ3n) is 2.31. The van der Waals surface area contributed by atoms with E-state index < -0.39 is 10.5 Å². The predicted octanol–water partition coefficient (Wildman–Crippen LogP) is 2.71. The molecule has 1 aromatic heterocycles. The number of hydrogen-bond donors (Lipinski definition) is 1. The van der Waals surface area contributed by atoms with Crippen molar-refractivity contribution in [2.24, 2.45) is 0 Å². The van der Waals surface area contributed by atoms with E-state index in [-0.39, 0.29) is 27.4 Å². The van der Waals surface area contributed by atoms with Gasteiger partial charge in [-0.1, -0.05) is 0 Å². The summed E-state index contributed by atoms with van der Waals surface area (Å²) in [6, 6.07) is 4.36. The normalized spacial score (nSPS) is 9.95. The molecule has 21 heavy (non-hydrogen) atoms. The van der Waals surface area contributed by atoms with Gasteiger partial charge in [0.05, 0.1) is 26.5 Å². The van der Waals surface area contributed by atoms with Crippen LogP contribution in [-0.4, -0.2) is 14.9 Å². The number of nitro groups is 1. The van der Waals surface area contributed by atoms with Gasteiger partial charge in [0.2, 0.25) is 11.6 Å². The van der Waals surface area contributed by atoms with Gasteiger partial charge in [0.25, 0.3) is 5.56 Å². The zero-order valence-electron chi connectivity index (χ0n) is 9.96. The third kappa shape index (κ3) is 3.19. The lowest BCUT2D eigenvalue weighted by atomic mass is 10.2. The summed E-state index contributed by atoms with van der Waals surface area (Å²) in [5.74, 6) is -0.192. The molecule has 0 amide bonds. The molecule has 0 fully saturated rings. The SMILES string of the molecule is N#Cc1cc(I)c(Oc2nc[nH]c(=O)c2Br)c([N+](=O)[O-])c1. The summed E-state index contributed by atoms with van der Waals surface area (Å²) >= 11 is 4.80. The van der Waals surface area contributed by atoms with Gasteiger partial charge in [-0.3, -0.25) is 14.9 Å². The predicted molar refractivity (Wildman–Crippen MR) is 83.2 cm³/mol. The number of hydrogen-bond acceptors (Lipinski definition) is 6. The van der Waals surface area contributed by atoms with Gasteiger partial charge in [-0.2, -0.15) is 5.26 Å². The van der Waals surface area contributed by atoms with Crippen LogP contribution in [0.1, 0.15) is 5.56 Å². The number of halogens is 2. The molecule has 0 aliphatic carbocycles. The summed E-state index contributed by atoms with van der Waals surface area (Å²) < 4.78 is 5.74. The second-order valence-corrected chi connectivity index (χ2v) is 5.58. The number of nitriles is 1. The fourth-order valence-corrected chi connectivity index (χ4v) is 2.43. The fraction of sp³-hybridized carbons (Fsp3) is 0. The molecule has 0 atom stereocenters. The molecular weight excluding hydrogens is 459 g/mol. The van der Waals surface area contributed by atoms with Crippen LogP contribution in [0.15, 0.2) is 27.7 Å². The van der Waals surface area contributed by atoms with Gasteiger partial charge in [-0.15, -0.1) is 0 Å². The molecule has 0 aliphatic rings. The number of H-pyrrole nitrogens is 1. The van der Waals surface area contributed by atoms with Gasteiger partial charge in [0.15, 0.2) is 0 Å². The maximum absolute atomic E-state index is 11.4. The standard InChI is InChI=1S/C11H4BrIN4O4/c12-8-10(18)15-4-16-11(8)21-9-6(13)1-5(3-14)2-7(9)17(19)20/h1-2,4H,(H,15,16,18). The van der Waals surface area contributed by atoms with Crippen LogP contribution in [0.5, 0.6) is 11.6 Å². The Morgan fingerprint density at radius 3 is 2.86 bits per heavy atom. The average molecular weight is 463 g/mol. The molecule has 0 spiro atoms. The maximum Gasteiger partial charge on any atom is 0.314 e. The van der Waals surface area contributed by atoms with E-state index in [2.05, 4.69) is 25.9 Å². The van der Waals surface area contributed by atoms with Crippen LogP contribution in [0.3, 0.4) is 0 Å². The molecule has 2 rings (SSSR count). The lowest BCUT2D eigenvalue weighted by molar-refractivity contribution is -0.385. The maximum atomic E-state index is 11.4. The second-order valence-electron chi connectivity index (χ2n) is 3.63. The molecule has 0 saturated carbocycles. The van der Waals surface area contributed by atoms with Gasteiger partial charge < -0.3 is 9.72 Å². The molecule has 1 heterocycles. The number of benzene rings is 1. The number of ether oxygens (including phenoxy) is 1. The highest BCUT2D eigenvalue weighted by molar-refractivity contribution is 14.1. The van der Waals surface area contributed by atoms with Gasteiger partial charge in [0, 0.05) is 6.07 Å². The third-order valence-corrected chi connectivity index (χ3v) is 3.81. The first kappa shape index (κ1) is 15.4. The quantitative estimate of drug-likeness (QED) is 0.425. The molecule has 8 nitrogen and oxygen atoms in total. The topological polar surface area (TPSA) is 122 Å². The Morgan fingerprint density at radius 2 is 2.24 bits per heavy atom. The molecule has 0 bridgehead atoms. The van der Waals surface area contributed by atoms with Crippen molar-refractivity contribution in [1.82, 2.24) is 9.97 Å².